The van der Waals surface area contributed by atoms with E-state index in [1.165, 1.54) is 6.07 Å². The molecule has 4 heteroatoms. The van der Waals surface area contributed by atoms with Gasteiger partial charge in [0.1, 0.15) is 0 Å². The van der Waals surface area contributed by atoms with Crippen LogP contribution in [0.5, 0.6) is 11.5 Å². The van der Waals surface area contributed by atoms with E-state index in [9.17, 15) is 9.90 Å². The first-order valence-electron chi connectivity index (χ1n) is 5.87. The summed E-state index contributed by atoms with van der Waals surface area (Å²) in [5.74, 6) is 0.0365. The van der Waals surface area contributed by atoms with Gasteiger partial charge in [-0.1, -0.05) is 41.9 Å². The molecule has 0 atom stereocenters. The van der Waals surface area contributed by atoms with E-state index in [4.69, 9.17) is 16.3 Å². The first kappa shape index (κ1) is 13.4. The zero-order chi connectivity index (χ0) is 13.8. The molecule has 19 heavy (non-hydrogen) atoms. The van der Waals surface area contributed by atoms with E-state index in [0.717, 1.165) is 5.56 Å². The number of benzene rings is 2. The van der Waals surface area contributed by atoms with Gasteiger partial charge in [-0.05, 0) is 12.5 Å². The number of carbonyl (C=O) groups is 1. The molecule has 0 fully saturated rings. The van der Waals surface area contributed by atoms with Crippen LogP contribution in [0.25, 0.3) is 11.1 Å². The van der Waals surface area contributed by atoms with Crippen LogP contribution in [0, 0.1) is 0 Å². The van der Waals surface area contributed by atoms with Crippen molar-refractivity contribution in [1.82, 2.24) is 0 Å². The lowest BCUT2D eigenvalue weighted by atomic mass is 9.99. The fraction of sp³-hybridized carbons (Fsp3) is 0.133. The Balaban J connectivity index is 2.68. The Morgan fingerprint density at radius 3 is 2.58 bits per heavy atom. The third-order valence-electron chi connectivity index (χ3n) is 2.73. The maximum Gasteiger partial charge on any atom is 0.169 e. The Kier molecular flexibility index (Phi) is 4.07. The minimum absolute atomic E-state index is 0.141. The number of hydrogen-bond donors (Lipinski definition) is 1. The van der Waals surface area contributed by atoms with E-state index in [1.54, 1.807) is 6.92 Å². The van der Waals surface area contributed by atoms with Crippen LogP contribution >= 0.6 is 11.6 Å². The minimum atomic E-state index is -0.180. The van der Waals surface area contributed by atoms with E-state index in [0.29, 0.717) is 23.5 Å². The molecular weight excluding hydrogens is 264 g/mol. The lowest BCUT2D eigenvalue weighted by Crippen LogP contribution is -1.97. The molecule has 2 rings (SSSR count). The summed E-state index contributed by atoms with van der Waals surface area (Å²) in [6, 6.07) is 10.7. The first-order chi connectivity index (χ1) is 9.19. The molecule has 0 aromatic heterocycles. The van der Waals surface area contributed by atoms with Crippen LogP contribution in [0.1, 0.15) is 17.3 Å². The number of aromatic hydroxyl groups is 1. The SMILES string of the molecule is CCOc1cc(Cl)c(-c2ccccc2)c(C=O)c1O. The van der Waals surface area contributed by atoms with Gasteiger partial charge in [-0.25, -0.2) is 0 Å². The topological polar surface area (TPSA) is 46.5 Å². The Morgan fingerprint density at radius 2 is 2.00 bits per heavy atom. The van der Waals surface area contributed by atoms with Crippen molar-refractivity contribution in [3.8, 4) is 22.6 Å². The summed E-state index contributed by atoms with van der Waals surface area (Å²) in [4.78, 5) is 11.3. The third kappa shape index (κ3) is 2.56. The van der Waals surface area contributed by atoms with Crippen molar-refractivity contribution in [2.45, 2.75) is 6.92 Å². The van der Waals surface area contributed by atoms with Crippen molar-refractivity contribution in [1.29, 1.82) is 0 Å². The molecule has 0 saturated heterocycles. The average molecular weight is 277 g/mol. The molecule has 2 aromatic carbocycles. The van der Waals surface area contributed by atoms with Crippen LogP contribution in [0.3, 0.4) is 0 Å². The molecule has 2 aromatic rings. The van der Waals surface area contributed by atoms with Gasteiger partial charge in [-0.2, -0.15) is 0 Å². The number of ether oxygens (including phenoxy) is 1. The van der Waals surface area contributed by atoms with Crippen molar-refractivity contribution in [2.75, 3.05) is 6.61 Å². The van der Waals surface area contributed by atoms with Crippen molar-refractivity contribution in [3.05, 3.63) is 47.0 Å². The van der Waals surface area contributed by atoms with E-state index >= 15 is 0 Å². The molecule has 0 amide bonds. The van der Waals surface area contributed by atoms with Crippen LogP contribution in [0.4, 0.5) is 0 Å². The Labute approximate surface area is 116 Å². The first-order valence-corrected chi connectivity index (χ1v) is 6.25. The highest BCUT2D eigenvalue weighted by Gasteiger charge is 2.18. The molecule has 0 radical (unpaired) electrons. The molecule has 0 bridgehead atoms. The summed E-state index contributed by atoms with van der Waals surface area (Å²) in [6.45, 7) is 2.17. The van der Waals surface area contributed by atoms with Crippen molar-refractivity contribution >= 4 is 17.9 Å². The van der Waals surface area contributed by atoms with Crippen LogP contribution < -0.4 is 4.74 Å². The molecule has 3 nitrogen and oxygen atoms in total. The zero-order valence-electron chi connectivity index (χ0n) is 10.4. The van der Waals surface area contributed by atoms with Gasteiger partial charge in [-0.15, -0.1) is 0 Å². The summed E-state index contributed by atoms with van der Waals surface area (Å²) in [5.41, 5.74) is 1.42. The van der Waals surface area contributed by atoms with E-state index in [1.807, 2.05) is 30.3 Å². The molecule has 0 aliphatic heterocycles. The van der Waals surface area contributed by atoms with Gasteiger partial charge in [-0.3, -0.25) is 4.79 Å². The lowest BCUT2D eigenvalue weighted by Gasteiger charge is -2.13. The number of carbonyl (C=O) groups excluding carboxylic acids is 1. The molecular formula is C15H13ClO3. The van der Waals surface area contributed by atoms with Gasteiger partial charge in [0.15, 0.2) is 17.8 Å². The fourth-order valence-electron chi connectivity index (χ4n) is 1.91. The fourth-order valence-corrected chi connectivity index (χ4v) is 2.22. The number of aldehydes is 1. The molecule has 0 saturated carbocycles. The third-order valence-corrected chi connectivity index (χ3v) is 3.03. The predicted molar refractivity (Wildman–Crippen MR) is 75.1 cm³/mol. The summed E-state index contributed by atoms with van der Waals surface area (Å²) in [7, 11) is 0. The maximum atomic E-state index is 11.3. The molecule has 0 unspecified atom stereocenters. The van der Waals surface area contributed by atoms with E-state index < -0.39 is 0 Å². The minimum Gasteiger partial charge on any atom is -0.504 e. The van der Waals surface area contributed by atoms with Gasteiger partial charge in [0, 0.05) is 11.6 Å². The van der Waals surface area contributed by atoms with Gasteiger partial charge >= 0.3 is 0 Å². The van der Waals surface area contributed by atoms with Gasteiger partial charge in [0.05, 0.1) is 17.2 Å². The maximum absolute atomic E-state index is 11.3. The molecule has 0 aliphatic rings. The molecule has 1 N–H and O–H groups in total. The quantitative estimate of drug-likeness (QED) is 0.861. The average Bonchev–Trinajstić information content (AvgIpc) is 2.43. The predicted octanol–water partition coefficient (Wildman–Crippen LogP) is 3.92. The van der Waals surface area contributed by atoms with Crippen molar-refractivity contribution in [3.63, 3.8) is 0 Å². The Morgan fingerprint density at radius 1 is 1.32 bits per heavy atom. The molecule has 98 valence electrons. The summed E-state index contributed by atoms with van der Waals surface area (Å²) >= 11 is 6.21. The molecule has 0 aliphatic carbocycles. The molecule has 0 spiro atoms. The number of phenols is 1. The highest BCUT2D eigenvalue weighted by atomic mass is 35.5. The second-order valence-corrected chi connectivity index (χ2v) is 4.32. The zero-order valence-corrected chi connectivity index (χ0v) is 11.1. The summed E-state index contributed by atoms with van der Waals surface area (Å²) in [6.07, 6.45) is 0.589. The van der Waals surface area contributed by atoms with Crippen LogP contribution in [-0.2, 0) is 0 Å². The Hall–Kier alpha value is -2.00. The van der Waals surface area contributed by atoms with Crippen LogP contribution in [-0.4, -0.2) is 18.0 Å². The summed E-state index contributed by atoms with van der Waals surface area (Å²) in [5, 5.41) is 10.4. The second-order valence-electron chi connectivity index (χ2n) is 3.91. The Bertz CT molecular complexity index is 594. The van der Waals surface area contributed by atoms with Gasteiger partial charge in [0.2, 0.25) is 0 Å². The van der Waals surface area contributed by atoms with Crippen LogP contribution in [0.15, 0.2) is 36.4 Å². The monoisotopic (exact) mass is 276 g/mol. The standard InChI is InChI=1S/C15H13ClO3/c1-2-19-13-8-12(16)14(11(9-17)15(13)18)10-6-4-3-5-7-10/h3-9,18H,2H2,1H3. The number of phenolic OH excluding ortho intramolecular Hbond substituents is 1. The highest BCUT2D eigenvalue weighted by Crippen LogP contribution is 2.41. The second kappa shape index (κ2) is 5.76. The van der Waals surface area contributed by atoms with Crippen LogP contribution in [0.2, 0.25) is 5.02 Å². The van der Waals surface area contributed by atoms with Crippen molar-refractivity contribution in [2.24, 2.45) is 0 Å². The normalized spacial score (nSPS) is 10.2. The number of halogens is 1. The molecule has 0 heterocycles. The highest BCUT2D eigenvalue weighted by molar-refractivity contribution is 6.34. The lowest BCUT2D eigenvalue weighted by molar-refractivity contribution is 0.112. The number of hydrogen-bond acceptors (Lipinski definition) is 3. The summed E-state index contributed by atoms with van der Waals surface area (Å²) < 4.78 is 5.26. The van der Waals surface area contributed by atoms with Gasteiger partial charge in [0.25, 0.3) is 0 Å². The van der Waals surface area contributed by atoms with Crippen molar-refractivity contribution < 1.29 is 14.6 Å². The smallest absolute Gasteiger partial charge is 0.169 e. The van der Waals surface area contributed by atoms with E-state index in [-0.39, 0.29) is 17.1 Å². The largest absolute Gasteiger partial charge is 0.504 e. The van der Waals surface area contributed by atoms with Gasteiger partial charge < -0.3 is 9.84 Å². The number of rotatable bonds is 4. The van der Waals surface area contributed by atoms with E-state index in [2.05, 4.69) is 0 Å².